The molecule has 3 aromatic carbocycles. The molecule has 0 aromatic heterocycles. The Kier molecular flexibility index (Phi) is 8.72. The normalized spacial score (nSPS) is 10.9. The maximum atomic E-state index is 13.5. The van der Waals surface area contributed by atoms with Crippen molar-refractivity contribution in [3.63, 3.8) is 0 Å². The third-order valence-electron chi connectivity index (χ3n) is 4.63. The van der Waals surface area contributed by atoms with Crippen molar-refractivity contribution in [1.82, 2.24) is 0 Å². The lowest BCUT2D eigenvalue weighted by atomic mass is 10.3. The molecule has 0 spiro atoms. The number of rotatable bonds is 11. The minimum atomic E-state index is -4.02. The SMILES string of the molecule is C=CCOc1ccc(NC(=O)CN(c2ccc(OCC)cc2)S(=O)(=O)c2ccc(Br)cc2)cc1. The quantitative estimate of drug-likeness (QED) is 0.333. The van der Waals surface area contributed by atoms with Crippen LogP contribution < -0.4 is 19.1 Å². The monoisotopic (exact) mass is 544 g/mol. The largest absolute Gasteiger partial charge is 0.494 e. The minimum absolute atomic E-state index is 0.0705. The van der Waals surface area contributed by atoms with Crippen LogP contribution in [0.1, 0.15) is 6.92 Å². The van der Waals surface area contributed by atoms with Crippen LogP contribution in [0, 0.1) is 0 Å². The molecule has 0 radical (unpaired) electrons. The predicted octanol–water partition coefficient (Wildman–Crippen LogP) is 5.25. The molecule has 0 fully saturated rings. The Labute approximate surface area is 208 Å². The van der Waals surface area contributed by atoms with E-state index in [-0.39, 0.29) is 4.90 Å². The van der Waals surface area contributed by atoms with Crippen molar-refractivity contribution in [3.05, 3.63) is 89.9 Å². The van der Waals surface area contributed by atoms with Gasteiger partial charge in [0.15, 0.2) is 0 Å². The van der Waals surface area contributed by atoms with Gasteiger partial charge in [0.05, 0.1) is 17.2 Å². The molecule has 7 nitrogen and oxygen atoms in total. The summed E-state index contributed by atoms with van der Waals surface area (Å²) in [6, 6.07) is 19.6. The lowest BCUT2D eigenvalue weighted by Gasteiger charge is -2.24. The highest BCUT2D eigenvalue weighted by molar-refractivity contribution is 9.10. The second-order valence-corrected chi connectivity index (χ2v) is 9.84. The highest BCUT2D eigenvalue weighted by Crippen LogP contribution is 2.27. The fourth-order valence-corrected chi connectivity index (χ4v) is 4.73. The first-order chi connectivity index (χ1) is 16.3. The van der Waals surface area contributed by atoms with Crippen LogP contribution in [-0.2, 0) is 14.8 Å². The Morgan fingerprint density at radius 3 is 2.15 bits per heavy atom. The molecule has 0 aliphatic heterocycles. The van der Waals surface area contributed by atoms with E-state index in [1.807, 2.05) is 6.92 Å². The van der Waals surface area contributed by atoms with Crippen LogP contribution in [0.15, 0.2) is 94.8 Å². The zero-order chi connectivity index (χ0) is 24.6. The van der Waals surface area contributed by atoms with Gasteiger partial charge in [0.2, 0.25) is 5.91 Å². The number of carbonyl (C=O) groups excluding carboxylic acids is 1. The van der Waals surface area contributed by atoms with Crippen LogP contribution in [0.25, 0.3) is 0 Å². The molecule has 0 heterocycles. The van der Waals surface area contributed by atoms with Crippen LogP contribution >= 0.6 is 15.9 Å². The van der Waals surface area contributed by atoms with Crippen molar-refractivity contribution in [2.24, 2.45) is 0 Å². The zero-order valence-corrected chi connectivity index (χ0v) is 21.0. The van der Waals surface area contributed by atoms with Crippen molar-refractivity contribution in [3.8, 4) is 11.5 Å². The molecule has 34 heavy (non-hydrogen) atoms. The Bertz CT molecular complexity index is 1210. The first-order valence-electron chi connectivity index (χ1n) is 10.5. The summed E-state index contributed by atoms with van der Waals surface area (Å²) < 4.78 is 39.6. The van der Waals surface area contributed by atoms with Gasteiger partial charge in [-0.3, -0.25) is 9.10 Å². The van der Waals surface area contributed by atoms with Crippen molar-refractivity contribution in [2.45, 2.75) is 11.8 Å². The van der Waals surface area contributed by atoms with Crippen molar-refractivity contribution in [1.29, 1.82) is 0 Å². The van der Waals surface area contributed by atoms with Crippen molar-refractivity contribution >= 4 is 43.2 Å². The zero-order valence-electron chi connectivity index (χ0n) is 18.6. The van der Waals surface area contributed by atoms with Gasteiger partial charge in [-0.1, -0.05) is 28.6 Å². The molecule has 178 valence electrons. The molecule has 0 bridgehead atoms. The van der Waals surface area contributed by atoms with Gasteiger partial charge < -0.3 is 14.8 Å². The molecule has 0 saturated heterocycles. The average Bonchev–Trinajstić information content (AvgIpc) is 2.83. The van der Waals surface area contributed by atoms with Crippen molar-refractivity contribution in [2.75, 3.05) is 29.4 Å². The highest BCUT2D eigenvalue weighted by atomic mass is 79.9. The van der Waals surface area contributed by atoms with Gasteiger partial charge >= 0.3 is 0 Å². The third-order valence-corrected chi connectivity index (χ3v) is 6.95. The maximum absolute atomic E-state index is 13.5. The molecular weight excluding hydrogens is 520 g/mol. The predicted molar refractivity (Wildman–Crippen MR) is 137 cm³/mol. The van der Waals surface area contributed by atoms with Gasteiger partial charge in [0, 0.05) is 10.2 Å². The Balaban J connectivity index is 1.85. The Morgan fingerprint density at radius 2 is 1.56 bits per heavy atom. The Morgan fingerprint density at radius 1 is 0.971 bits per heavy atom. The van der Waals surface area contributed by atoms with Crippen LogP contribution in [0.5, 0.6) is 11.5 Å². The summed E-state index contributed by atoms with van der Waals surface area (Å²) in [6.07, 6.45) is 1.64. The Hall–Kier alpha value is -3.30. The van der Waals surface area contributed by atoms with E-state index < -0.39 is 22.5 Å². The topological polar surface area (TPSA) is 84.9 Å². The lowest BCUT2D eigenvalue weighted by Crippen LogP contribution is -2.38. The summed E-state index contributed by atoms with van der Waals surface area (Å²) in [5, 5.41) is 2.74. The fourth-order valence-electron chi connectivity index (χ4n) is 3.04. The van der Waals surface area contributed by atoms with E-state index in [0.29, 0.717) is 36.1 Å². The van der Waals surface area contributed by atoms with E-state index in [9.17, 15) is 13.2 Å². The molecule has 1 amide bonds. The first kappa shape index (κ1) is 25.3. The number of ether oxygens (including phenoxy) is 2. The van der Waals surface area contributed by atoms with E-state index >= 15 is 0 Å². The van der Waals surface area contributed by atoms with E-state index in [1.54, 1.807) is 66.7 Å². The number of anilines is 2. The van der Waals surface area contributed by atoms with Gasteiger partial charge in [-0.25, -0.2) is 8.42 Å². The number of halogens is 1. The van der Waals surface area contributed by atoms with Crippen LogP contribution in [0.4, 0.5) is 11.4 Å². The van der Waals surface area contributed by atoms with Gasteiger partial charge in [0.25, 0.3) is 10.0 Å². The van der Waals surface area contributed by atoms with Crippen molar-refractivity contribution < 1.29 is 22.7 Å². The summed E-state index contributed by atoms with van der Waals surface area (Å²) in [5.41, 5.74) is 0.860. The second kappa shape index (κ2) is 11.7. The van der Waals surface area contributed by atoms with Crippen LogP contribution in [-0.4, -0.2) is 34.1 Å². The summed E-state index contributed by atoms with van der Waals surface area (Å²) in [5.74, 6) is 0.747. The molecule has 0 aliphatic rings. The first-order valence-corrected chi connectivity index (χ1v) is 12.7. The molecule has 0 aliphatic carbocycles. The summed E-state index contributed by atoms with van der Waals surface area (Å²) in [7, 11) is -4.02. The van der Waals surface area contributed by atoms with Gasteiger partial charge in [-0.2, -0.15) is 0 Å². The fraction of sp³-hybridized carbons (Fsp3) is 0.160. The van der Waals surface area contributed by atoms with Crippen LogP contribution in [0.2, 0.25) is 0 Å². The molecule has 3 rings (SSSR count). The smallest absolute Gasteiger partial charge is 0.264 e. The number of nitrogens with one attached hydrogen (secondary N) is 1. The minimum Gasteiger partial charge on any atom is -0.494 e. The number of hydrogen-bond acceptors (Lipinski definition) is 5. The van der Waals surface area contributed by atoms with Crippen LogP contribution in [0.3, 0.4) is 0 Å². The number of amides is 1. The maximum Gasteiger partial charge on any atom is 0.264 e. The number of carbonyl (C=O) groups is 1. The lowest BCUT2D eigenvalue weighted by molar-refractivity contribution is -0.114. The summed E-state index contributed by atoms with van der Waals surface area (Å²) >= 11 is 3.31. The number of hydrogen-bond donors (Lipinski definition) is 1. The average molecular weight is 545 g/mol. The number of nitrogens with zero attached hydrogens (tertiary/aromatic N) is 1. The number of benzene rings is 3. The van der Waals surface area contributed by atoms with E-state index in [4.69, 9.17) is 9.47 Å². The number of sulfonamides is 1. The molecule has 1 N–H and O–H groups in total. The molecule has 0 unspecified atom stereocenters. The van der Waals surface area contributed by atoms with Gasteiger partial charge in [-0.05, 0) is 79.7 Å². The van der Waals surface area contributed by atoms with E-state index in [2.05, 4.69) is 27.8 Å². The van der Waals surface area contributed by atoms with Gasteiger partial charge in [-0.15, -0.1) is 0 Å². The molecule has 9 heteroatoms. The standard InChI is InChI=1S/C25H25BrN2O5S/c1-3-17-33-23-11-7-20(8-12-23)27-25(29)18-28(21-9-13-22(14-10-21)32-4-2)34(30,31)24-15-5-19(26)6-16-24/h3,5-16H,1,4,17-18H2,2H3,(H,27,29). The van der Waals surface area contributed by atoms with E-state index in [0.717, 1.165) is 8.78 Å². The van der Waals surface area contributed by atoms with E-state index in [1.165, 1.54) is 12.1 Å². The summed E-state index contributed by atoms with van der Waals surface area (Å²) in [4.78, 5) is 12.9. The molecular formula is C25H25BrN2O5S. The third kappa shape index (κ3) is 6.61. The summed E-state index contributed by atoms with van der Waals surface area (Å²) in [6.45, 7) is 5.90. The molecule has 3 aromatic rings. The molecule has 0 saturated carbocycles. The molecule has 0 atom stereocenters. The second-order valence-electron chi connectivity index (χ2n) is 7.06. The van der Waals surface area contributed by atoms with Gasteiger partial charge in [0.1, 0.15) is 24.7 Å². The highest BCUT2D eigenvalue weighted by Gasteiger charge is 2.27.